The van der Waals surface area contributed by atoms with Gasteiger partial charge in [-0.2, -0.15) is 0 Å². The molecule has 0 aliphatic carbocycles. The van der Waals surface area contributed by atoms with Crippen LogP contribution < -0.4 is 15.8 Å². The zero-order valence-corrected chi connectivity index (χ0v) is 16.0. The number of ether oxygens (including phenoxy) is 1. The van der Waals surface area contributed by atoms with E-state index in [9.17, 15) is 4.79 Å². The van der Waals surface area contributed by atoms with E-state index >= 15 is 0 Å². The first-order chi connectivity index (χ1) is 12.3. The highest BCUT2D eigenvalue weighted by Crippen LogP contribution is 2.33. The minimum absolute atomic E-state index is 0.126. The highest BCUT2D eigenvalue weighted by Gasteiger charge is 2.22. The molecule has 0 aliphatic rings. The summed E-state index contributed by atoms with van der Waals surface area (Å²) in [4.78, 5) is 25.1. The van der Waals surface area contributed by atoms with Crippen LogP contribution in [0.1, 0.15) is 32.6 Å². The zero-order chi connectivity index (χ0) is 19.3. The molecule has 8 nitrogen and oxygen atoms in total. The van der Waals surface area contributed by atoms with Gasteiger partial charge in [0.1, 0.15) is 27.9 Å². The number of rotatable bonds is 6. The Morgan fingerprint density at radius 3 is 2.85 bits per heavy atom. The standard InChI is InChI=1S/C17H22N6O2S/c1-5-25-14-12(13(19)21-9-18)26-15(23-14)10-6-7-20-11(8-10)22-16(24)17(2,3)4/h6-9H,5H2,1-4H3,(H3,18,19,21)(H,20,22,24). The molecular weight excluding hydrogens is 352 g/mol. The van der Waals surface area contributed by atoms with E-state index in [-0.39, 0.29) is 11.7 Å². The van der Waals surface area contributed by atoms with E-state index in [1.807, 2.05) is 27.7 Å². The van der Waals surface area contributed by atoms with Crippen LogP contribution in [0.3, 0.4) is 0 Å². The van der Waals surface area contributed by atoms with E-state index in [1.54, 1.807) is 18.3 Å². The fourth-order valence-corrected chi connectivity index (χ4v) is 2.81. The van der Waals surface area contributed by atoms with E-state index in [1.165, 1.54) is 11.3 Å². The molecule has 0 radical (unpaired) electrons. The first-order valence-corrected chi connectivity index (χ1v) is 8.82. The molecule has 138 valence electrons. The van der Waals surface area contributed by atoms with Gasteiger partial charge in [0, 0.05) is 17.2 Å². The lowest BCUT2D eigenvalue weighted by Crippen LogP contribution is -2.27. The van der Waals surface area contributed by atoms with Crippen LogP contribution in [-0.2, 0) is 4.79 Å². The van der Waals surface area contributed by atoms with Crippen molar-refractivity contribution < 1.29 is 9.53 Å². The number of hydrogen-bond acceptors (Lipinski definition) is 6. The normalized spacial score (nSPS) is 11.9. The summed E-state index contributed by atoms with van der Waals surface area (Å²) in [5, 5.41) is 10.5. The van der Waals surface area contributed by atoms with Crippen molar-refractivity contribution in [1.29, 1.82) is 5.41 Å². The molecule has 0 fully saturated rings. The molecule has 0 saturated carbocycles. The van der Waals surface area contributed by atoms with Crippen LogP contribution in [0, 0.1) is 10.8 Å². The summed E-state index contributed by atoms with van der Waals surface area (Å²) in [6.07, 6.45) is 2.47. The summed E-state index contributed by atoms with van der Waals surface area (Å²) in [5.41, 5.74) is 6.14. The summed E-state index contributed by atoms with van der Waals surface area (Å²) in [5.74, 6) is 0.854. The molecular formula is C17H22N6O2S. The molecule has 2 aromatic rings. The van der Waals surface area contributed by atoms with Gasteiger partial charge in [-0.1, -0.05) is 20.8 Å². The second kappa shape index (κ2) is 8.05. The molecule has 0 spiro atoms. The number of carbonyl (C=O) groups excluding carboxylic acids is 1. The molecule has 0 aliphatic heterocycles. The van der Waals surface area contributed by atoms with Gasteiger partial charge in [-0.3, -0.25) is 10.2 Å². The van der Waals surface area contributed by atoms with Gasteiger partial charge in [-0.25, -0.2) is 15.0 Å². The molecule has 2 heterocycles. The number of thiazole rings is 1. The maximum atomic E-state index is 12.1. The largest absolute Gasteiger partial charge is 0.477 e. The molecule has 0 saturated heterocycles. The average Bonchev–Trinajstić information content (AvgIpc) is 2.99. The number of nitrogens with two attached hydrogens (primary N) is 1. The number of amidine groups is 1. The molecule has 26 heavy (non-hydrogen) atoms. The van der Waals surface area contributed by atoms with Crippen LogP contribution in [0.4, 0.5) is 5.82 Å². The zero-order valence-electron chi connectivity index (χ0n) is 15.2. The van der Waals surface area contributed by atoms with Crippen molar-refractivity contribution in [2.75, 3.05) is 11.9 Å². The summed E-state index contributed by atoms with van der Waals surface area (Å²) < 4.78 is 5.52. The van der Waals surface area contributed by atoms with E-state index in [2.05, 4.69) is 20.3 Å². The van der Waals surface area contributed by atoms with Gasteiger partial charge in [-0.15, -0.1) is 11.3 Å². The smallest absolute Gasteiger partial charge is 0.236 e. The number of nitrogens with one attached hydrogen (secondary N) is 2. The third-order valence-electron chi connectivity index (χ3n) is 3.24. The Morgan fingerprint density at radius 1 is 1.50 bits per heavy atom. The number of nitrogens with zero attached hydrogens (tertiary/aromatic N) is 3. The Balaban J connectivity index is 2.38. The second-order valence-corrected chi connectivity index (χ2v) is 7.36. The quantitative estimate of drug-likeness (QED) is 0.529. The first kappa shape index (κ1) is 19.5. The van der Waals surface area contributed by atoms with Crippen molar-refractivity contribution >= 4 is 35.2 Å². The van der Waals surface area contributed by atoms with Crippen LogP contribution in [0.25, 0.3) is 10.6 Å². The van der Waals surface area contributed by atoms with Gasteiger partial charge in [0.2, 0.25) is 11.8 Å². The summed E-state index contributed by atoms with van der Waals surface area (Å²) in [6, 6.07) is 3.53. The number of anilines is 1. The van der Waals surface area contributed by atoms with Gasteiger partial charge >= 0.3 is 0 Å². The minimum Gasteiger partial charge on any atom is -0.477 e. The van der Waals surface area contributed by atoms with Crippen LogP contribution in [0.2, 0.25) is 0 Å². The maximum Gasteiger partial charge on any atom is 0.236 e. The highest BCUT2D eigenvalue weighted by atomic mass is 32.1. The number of pyridine rings is 1. The summed E-state index contributed by atoms with van der Waals surface area (Å²) in [7, 11) is 0. The Bertz CT molecular complexity index is 838. The molecule has 2 aromatic heterocycles. The van der Waals surface area contributed by atoms with Crippen molar-refractivity contribution in [3.63, 3.8) is 0 Å². The van der Waals surface area contributed by atoms with E-state index in [0.717, 1.165) is 11.9 Å². The molecule has 9 heteroatoms. The van der Waals surface area contributed by atoms with Crippen LogP contribution in [-0.4, -0.2) is 34.7 Å². The van der Waals surface area contributed by atoms with Gasteiger partial charge in [-0.05, 0) is 19.1 Å². The maximum absolute atomic E-state index is 12.1. The van der Waals surface area contributed by atoms with Crippen molar-refractivity contribution in [2.24, 2.45) is 16.1 Å². The lowest BCUT2D eigenvalue weighted by molar-refractivity contribution is -0.123. The average molecular weight is 374 g/mol. The fourth-order valence-electron chi connectivity index (χ4n) is 1.89. The fraction of sp³-hybridized carbons (Fsp3) is 0.353. The molecule has 1 amide bonds. The van der Waals surface area contributed by atoms with Gasteiger partial charge in [0.05, 0.1) is 6.61 Å². The molecule has 0 unspecified atom stereocenters. The van der Waals surface area contributed by atoms with Crippen molar-refractivity contribution in [3.8, 4) is 16.5 Å². The monoisotopic (exact) mass is 374 g/mol. The summed E-state index contributed by atoms with van der Waals surface area (Å²) >= 11 is 1.30. The van der Waals surface area contributed by atoms with Crippen molar-refractivity contribution in [2.45, 2.75) is 27.7 Å². The number of amides is 1. The van der Waals surface area contributed by atoms with E-state index in [0.29, 0.717) is 28.2 Å². The SMILES string of the molecule is CCOc1nc(-c2ccnc(NC(=O)C(C)(C)C)c2)sc1C(N)=NC=N. The van der Waals surface area contributed by atoms with Gasteiger partial charge < -0.3 is 15.8 Å². The first-order valence-electron chi connectivity index (χ1n) is 8.00. The molecule has 0 atom stereocenters. The van der Waals surface area contributed by atoms with Crippen LogP contribution in [0.15, 0.2) is 23.3 Å². The van der Waals surface area contributed by atoms with E-state index < -0.39 is 5.41 Å². The Kier molecular flexibility index (Phi) is 6.04. The Morgan fingerprint density at radius 2 is 2.23 bits per heavy atom. The number of aliphatic imine (C=N–C) groups is 1. The second-order valence-electron chi connectivity index (χ2n) is 6.36. The number of hydrogen-bond donors (Lipinski definition) is 3. The number of aromatic nitrogens is 2. The Hall–Kier alpha value is -2.81. The van der Waals surface area contributed by atoms with Gasteiger partial charge in [0.25, 0.3) is 0 Å². The summed E-state index contributed by atoms with van der Waals surface area (Å²) in [6.45, 7) is 7.77. The highest BCUT2D eigenvalue weighted by molar-refractivity contribution is 7.17. The van der Waals surface area contributed by atoms with Gasteiger partial charge in [0.15, 0.2) is 0 Å². The molecule has 0 aromatic carbocycles. The predicted molar refractivity (Wildman–Crippen MR) is 104 cm³/mol. The molecule has 0 bridgehead atoms. The third kappa shape index (κ3) is 4.63. The predicted octanol–water partition coefficient (Wildman–Crippen LogP) is 2.90. The molecule has 4 N–H and O–H groups in total. The Labute approximate surface area is 156 Å². The van der Waals surface area contributed by atoms with E-state index in [4.69, 9.17) is 15.9 Å². The topological polar surface area (TPSA) is 126 Å². The van der Waals surface area contributed by atoms with Crippen molar-refractivity contribution in [3.05, 3.63) is 23.2 Å². The number of carbonyl (C=O) groups is 1. The molecule has 2 rings (SSSR count). The van der Waals surface area contributed by atoms with Crippen LogP contribution in [0.5, 0.6) is 5.88 Å². The lowest BCUT2D eigenvalue weighted by Gasteiger charge is -2.17. The minimum atomic E-state index is -0.522. The van der Waals surface area contributed by atoms with Crippen molar-refractivity contribution in [1.82, 2.24) is 9.97 Å². The third-order valence-corrected chi connectivity index (χ3v) is 4.35. The van der Waals surface area contributed by atoms with Crippen LogP contribution >= 0.6 is 11.3 Å². The lowest BCUT2D eigenvalue weighted by atomic mass is 9.96.